The summed E-state index contributed by atoms with van der Waals surface area (Å²) >= 11 is 0. The van der Waals surface area contributed by atoms with E-state index in [4.69, 9.17) is 17.6 Å². The Morgan fingerprint density at radius 1 is 1.56 bits per heavy atom. The second kappa shape index (κ2) is 4.06. The summed E-state index contributed by atoms with van der Waals surface area (Å²) in [5, 5.41) is 0. The quantitative estimate of drug-likeness (QED) is 0.328. The molecule has 0 heterocycles. The zero-order chi connectivity index (χ0) is 7.33. The molecule has 0 unspecified atom stereocenters. The summed E-state index contributed by atoms with van der Waals surface area (Å²) in [6.07, 6.45) is -0.260. The van der Waals surface area contributed by atoms with Crippen molar-refractivity contribution in [2.45, 2.75) is 6.32 Å². The molecular formula is C3H8BO4P. The van der Waals surface area contributed by atoms with Crippen LogP contribution < -0.4 is 0 Å². The van der Waals surface area contributed by atoms with Gasteiger partial charge >= 0.3 is 7.60 Å². The van der Waals surface area contributed by atoms with Crippen LogP contribution in [0.5, 0.6) is 0 Å². The van der Waals surface area contributed by atoms with Crippen molar-refractivity contribution < 1.29 is 19.1 Å². The maximum atomic E-state index is 10.0. The highest BCUT2D eigenvalue weighted by molar-refractivity contribution is 7.51. The maximum Gasteiger partial charge on any atom is 0.350 e. The van der Waals surface area contributed by atoms with Gasteiger partial charge in [-0.3, -0.25) is 4.57 Å². The fourth-order valence-electron chi connectivity index (χ4n) is 0.267. The largest absolute Gasteiger partial charge is 0.370 e. The summed E-state index contributed by atoms with van der Waals surface area (Å²) < 4.78 is 14.5. The minimum Gasteiger partial charge on any atom is -0.370 e. The van der Waals surface area contributed by atoms with Gasteiger partial charge in [0.15, 0.2) is 0 Å². The average molecular weight is 150 g/mol. The number of hydrogen-bond acceptors (Lipinski definition) is 2. The van der Waals surface area contributed by atoms with Crippen molar-refractivity contribution in [3.63, 3.8) is 0 Å². The SMILES string of the molecule is [B]CCOCP(=O)(O)O. The van der Waals surface area contributed by atoms with Crippen molar-refractivity contribution in [1.82, 2.24) is 0 Å². The summed E-state index contributed by atoms with van der Waals surface area (Å²) in [6, 6.07) is 0. The molecule has 0 amide bonds. The molecule has 2 radical (unpaired) electrons. The molecule has 9 heavy (non-hydrogen) atoms. The minimum absolute atomic E-state index is 0.186. The molecule has 6 heteroatoms. The molecule has 0 aromatic heterocycles. The monoisotopic (exact) mass is 150 g/mol. The van der Waals surface area contributed by atoms with Crippen LogP contribution in [0.25, 0.3) is 0 Å². The lowest BCUT2D eigenvalue weighted by Gasteiger charge is -2.02. The standard InChI is InChI=1S/C3H8BO4P/c4-1-2-8-3-9(5,6)7/h1-3H2,(H2,5,6,7). The molecule has 0 saturated carbocycles. The van der Waals surface area contributed by atoms with Crippen LogP contribution in [-0.4, -0.2) is 30.6 Å². The fourth-order valence-corrected chi connectivity index (χ4v) is 0.634. The number of ether oxygens (including phenoxy) is 1. The van der Waals surface area contributed by atoms with Crippen molar-refractivity contribution >= 4 is 15.4 Å². The fraction of sp³-hybridized carbons (Fsp3) is 1.00. The number of hydrogen-bond donors (Lipinski definition) is 2. The van der Waals surface area contributed by atoms with Crippen LogP contribution in [0, 0.1) is 0 Å². The molecule has 0 bridgehead atoms. The highest BCUT2D eigenvalue weighted by atomic mass is 31.2. The highest BCUT2D eigenvalue weighted by Crippen LogP contribution is 2.33. The maximum absolute atomic E-state index is 10.0. The van der Waals surface area contributed by atoms with E-state index in [2.05, 4.69) is 4.74 Å². The van der Waals surface area contributed by atoms with E-state index < -0.39 is 13.9 Å². The molecule has 4 nitrogen and oxygen atoms in total. The molecule has 2 N–H and O–H groups in total. The predicted molar refractivity (Wildman–Crippen MR) is 33.4 cm³/mol. The van der Waals surface area contributed by atoms with E-state index in [0.29, 0.717) is 0 Å². The molecule has 0 aliphatic heterocycles. The van der Waals surface area contributed by atoms with Crippen LogP contribution >= 0.6 is 7.60 Å². The molecule has 0 aliphatic rings. The van der Waals surface area contributed by atoms with E-state index in [-0.39, 0.29) is 12.9 Å². The number of rotatable bonds is 4. The highest BCUT2D eigenvalue weighted by Gasteiger charge is 2.11. The van der Waals surface area contributed by atoms with E-state index in [9.17, 15) is 4.57 Å². The van der Waals surface area contributed by atoms with E-state index >= 15 is 0 Å². The van der Waals surface area contributed by atoms with Crippen molar-refractivity contribution in [3.8, 4) is 0 Å². The third kappa shape index (κ3) is 8.17. The molecule has 0 aromatic rings. The first-order valence-electron chi connectivity index (χ1n) is 2.38. The second-order valence-corrected chi connectivity index (χ2v) is 3.08. The minimum atomic E-state index is -3.97. The van der Waals surface area contributed by atoms with Gasteiger partial charge < -0.3 is 14.5 Å². The molecular weight excluding hydrogens is 142 g/mol. The van der Waals surface area contributed by atoms with E-state index in [1.54, 1.807) is 0 Å². The summed E-state index contributed by atoms with van der Waals surface area (Å²) in [7, 11) is 1.01. The van der Waals surface area contributed by atoms with Gasteiger partial charge in [-0.1, -0.05) is 6.32 Å². The van der Waals surface area contributed by atoms with Gasteiger partial charge in [0.1, 0.15) is 6.35 Å². The Kier molecular flexibility index (Phi) is 4.14. The van der Waals surface area contributed by atoms with Crippen molar-refractivity contribution in [3.05, 3.63) is 0 Å². The van der Waals surface area contributed by atoms with Gasteiger partial charge in [-0.15, -0.1) is 0 Å². The Bertz CT molecular complexity index is 110. The smallest absolute Gasteiger partial charge is 0.350 e. The Morgan fingerprint density at radius 2 is 2.11 bits per heavy atom. The Balaban J connectivity index is 3.18. The van der Waals surface area contributed by atoms with Gasteiger partial charge in [0.2, 0.25) is 0 Å². The van der Waals surface area contributed by atoms with Gasteiger partial charge in [-0.2, -0.15) is 0 Å². The molecule has 0 rings (SSSR count). The molecule has 0 atom stereocenters. The molecule has 0 aliphatic carbocycles. The summed E-state index contributed by atoms with van der Waals surface area (Å²) in [5.41, 5.74) is 0. The third-order valence-electron chi connectivity index (χ3n) is 0.522. The molecule has 0 spiro atoms. The lowest BCUT2D eigenvalue weighted by molar-refractivity contribution is 0.170. The Hall–Kier alpha value is 0.175. The third-order valence-corrected chi connectivity index (χ3v) is 1.04. The van der Waals surface area contributed by atoms with Gasteiger partial charge in [-0.05, 0) is 0 Å². The van der Waals surface area contributed by atoms with Crippen molar-refractivity contribution in [1.29, 1.82) is 0 Å². The van der Waals surface area contributed by atoms with E-state index in [0.717, 1.165) is 0 Å². The van der Waals surface area contributed by atoms with E-state index in [1.807, 2.05) is 0 Å². The topological polar surface area (TPSA) is 66.8 Å². The van der Waals surface area contributed by atoms with Crippen LogP contribution in [0.2, 0.25) is 6.32 Å². The average Bonchev–Trinajstić information content (AvgIpc) is 1.63. The lowest BCUT2D eigenvalue weighted by Crippen LogP contribution is -1.96. The van der Waals surface area contributed by atoms with Gasteiger partial charge in [0, 0.05) is 6.61 Å². The van der Waals surface area contributed by atoms with Crippen LogP contribution in [0.15, 0.2) is 0 Å². The summed E-state index contributed by atoms with van der Waals surface area (Å²) in [6.45, 7) is 0.186. The molecule has 0 aromatic carbocycles. The lowest BCUT2D eigenvalue weighted by atomic mass is 10.1. The first-order chi connectivity index (χ1) is 4.06. The summed E-state index contributed by atoms with van der Waals surface area (Å²) in [5.74, 6) is 0. The van der Waals surface area contributed by atoms with Gasteiger partial charge in [0.05, 0.1) is 7.85 Å². The Labute approximate surface area is 54.8 Å². The summed E-state index contributed by atoms with van der Waals surface area (Å²) in [4.78, 5) is 16.4. The van der Waals surface area contributed by atoms with Crippen LogP contribution in [0.1, 0.15) is 0 Å². The van der Waals surface area contributed by atoms with Crippen molar-refractivity contribution in [2.75, 3.05) is 13.0 Å². The van der Waals surface area contributed by atoms with Crippen LogP contribution in [-0.2, 0) is 9.30 Å². The second-order valence-electron chi connectivity index (χ2n) is 1.49. The molecule has 0 saturated heterocycles. The van der Waals surface area contributed by atoms with Gasteiger partial charge in [0.25, 0.3) is 0 Å². The first kappa shape index (κ1) is 9.17. The van der Waals surface area contributed by atoms with Crippen LogP contribution in [0.4, 0.5) is 0 Å². The first-order valence-corrected chi connectivity index (χ1v) is 4.18. The van der Waals surface area contributed by atoms with Gasteiger partial charge in [-0.25, -0.2) is 0 Å². The molecule has 0 fully saturated rings. The Morgan fingerprint density at radius 3 is 2.44 bits per heavy atom. The zero-order valence-corrected chi connectivity index (χ0v) is 5.75. The van der Waals surface area contributed by atoms with E-state index in [1.165, 1.54) is 0 Å². The zero-order valence-electron chi connectivity index (χ0n) is 4.86. The normalized spacial score (nSPS) is 11.8. The predicted octanol–water partition coefficient (Wildman–Crippen LogP) is -0.275. The molecule has 52 valence electrons. The van der Waals surface area contributed by atoms with Crippen LogP contribution in [0.3, 0.4) is 0 Å². The van der Waals surface area contributed by atoms with Crippen molar-refractivity contribution in [2.24, 2.45) is 0 Å².